The molecule has 0 aliphatic heterocycles. The number of fused-ring (bicyclic) bond motifs is 3. The van der Waals surface area contributed by atoms with Gasteiger partial charge in [0, 0.05) is 12.4 Å². The van der Waals surface area contributed by atoms with Crippen LogP contribution in [0.1, 0.15) is 16.4 Å². The number of aryl methyl sites for hydroxylation is 1. The van der Waals surface area contributed by atoms with Crippen LogP contribution in [0.25, 0.3) is 21.9 Å². The zero-order valence-corrected chi connectivity index (χ0v) is 14.3. The highest BCUT2D eigenvalue weighted by Gasteiger charge is 2.19. The summed E-state index contributed by atoms with van der Waals surface area (Å²) in [6.45, 7) is 1.72. The van der Waals surface area contributed by atoms with E-state index >= 15 is 0 Å². The fraction of sp³-hybridized carbons (Fsp3) is 0.118. The Hall–Kier alpha value is -3.82. The second-order valence-corrected chi connectivity index (χ2v) is 5.82. The van der Waals surface area contributed by atoms with Crippen molar-refractivity contribution in [1.29, 1.82) is 0 Å². The number of hydrogen-bond acceptors (Lipinski definition) is 7. The molecule has 4 N–H and O–H groups in total. The van der Waals surface area contributed by atoms with Crippen LogP contribution < -0.4 is 10.6 Å². The molecule has 0 bridgehead atoms. The topological polar surface area (TPSA) is 129 Å². The molecule has 0 spiro atoms. The van der Waals surface area contributed by atoms with E-state index in [2.05, 4.69) is 35.6 Å². The van der Waals surface area contributed by atoms with E-state index < -0.39 is 17.6 Å². The molecule has 4 rings (SSSR count). The molecule has 0 radical (unpaired) electrons. The van der Waals surface area contributed by atoms with E-state index in [-0.39, 0.29) is 16.9 Å². The molecule has 0 aliphatic carbocycles. The highest BCUT2D eigenvalue weighted by molar-refractivity contribution is 6.13. The molecular weight excluding hydrogens is 353 g/mol. The van der Waals surface area contributed by atoms with Gasteiger partial charge in [-0.1, -0.05) is 0 Å². The average Bonchev–Trinajstić information content (AvgIpc) is 3.01. The first kappa shape index (κ1) is 16.6. The van der Waals surface area contributed by atoms with Crippen molar-refractivity contribution in [3.05, 3.63) is 42.0 Å². The summed E-state index contributed by atoms with van der Waals surface area (Å²) in [5, 5.41) is 16.4. The number of aromatic hydroxyl groups is 1. The highest BCUT2D eigenvalue weighted by Crippen LogP contribution is 2.34. The third kappa shape index (κ3) is 2.86. The number of rotatable bonds is 3. The molecule has 10 heteroatoms. The van der Waals surface area contributed by atoms with Crippen molar-refractivity contribution in [3.63, 3.8) is 0 Å². The second-order valence-electron chi connectivity index (χ2n) is 5.82. The van der Waals surface area contributed by atoms with E-state index in [1.165, 1.54) is 24.5 Å². The van der Waals surface area contributed by atoms with Gasteiger partial charge in [0.1, 0.15) is 17.3 Å². The molecule has 4 aromatic rings. The molecule has 1 amide bonds. The van der Waals surface area contributed by atoms with E-state index in [0.717, 1.165) is 0 Å². The van der Waals surface area contributed by atoms with Gasteiger partial charge in [0.05, 0.1) is 34.7 Å². The zero-order valence-electron chi connectivity index (χ0n) is 14.3. The fourth-order valence-corrected chi connectivity index (χ4v) is 2.79. The largest absolute Gasteiger partial charge is 0.493 e. The molecular formula is C17H14FN7O2. The predicted molar refractivity (Wildman–Crippen MR) is 97.3 cm³/mol. The number of aromatic nitrogens is 5. The van der Waals surface area contributed by atoms with Gasteiger partial charge >= 0.3 is 0 Å². The lowest BCUT2D eigenvalue weighted by Crippen LogP contribution is -2.16. The number of carbonyl (C=O) groups is 1. The van der Waals surface area contributed by atoms with Gasteiger partial charge in [-0.25, -0.2) is 19.3 Å². The first-order valence-electron chi connectivity index (χ1n) is 7.96. The lowest BCUT2D eigenvalue weighted by molar-refractivity contribution is 0.101. The van der Waals surface area contributed by atoms with Gasteiger partial charge in [0.25, 0.3) is 5.91 Å². The normalized spacial score (nSPS) is 11.1. The van der Waals surface area contributed by atoms with Crippen molar-refractivity contribution in [2.45, 2.75) is 6.92 Å². The van der Waals surface area contributed by atoms with E-state index in [1.54, 1.807) is 14.0 Å². The Labute approximate surface area is 151 Å². The number of benzene rings is 1. The number of halogens is 1. The number of H-pyrrole nitrogens is 1. The van der Waals surface area contributed by atoms with E-state index in [9.17, 15) is 14.3 Å². The van der Waals surface area contributed by atoms with Gasteiger partial charge in [0.15, 0.2) is 0 Å². The highest BCUT2D eigenvalue weighted by atomic mass is 19.1. The van der Waals surface area contributed by atoms with Crippen molar-refractivity contribution >= 4 is 39.2 Å². The Kier molecular flexibility index (Phi) is 3.80. The summed E-state index contributed by atoms with van der Waals surface area (Å²) in [5.41, 5.74) is 1.61. The molecule has 0 saturated carbocycles. The maximum absolute atomic E-state index is 13.8. The van der Waals surface area contributed by atoms with Gasteiger partial charge in [-0.3, -0.25) is 4.79 Å². The standard InChI is InChI=1S/C17H14FN7O2/c1-7-20-5-9(6-21-7)22-17(27)15-24-14-12(16(26)25-15)10-3-8(18)4-11(19-2)13(10)23-14/h3-6,19H,1-2H3,(H,22,27)(H2,23,24,25,26). The smallest absolute Gasteiger partial charge is 0.293 e. The molecule has 3 heterocycles. The Morgan fingerprint density at radius 1 is 1.22 bits per heavy atom. The first-order valence-corrected chi connectivity index (χ1v) is 7.96. The van der Waals surface area contributed by atoms with E-state index in [1.807, 2.05) is 0 Å². The SMILES string of the molecule is CNc1cc(F)cc2c1[nH]c1nc(C(=O)Nc3cnc(C)nc3)nc(O)c12. The predicted octanol–water partition coefficient (Wildman–Crippen LogP) is 2.35. The fourth-order valence-electron chi connectivity index (χ4n) is 2.79. The summed E-state index contributed by atoms with van der Waals surface area (Å²) < 4.78 is 13.8. The molecule has 27 heavy (non-hydrogen) atoms. The molecule has 1 aromatic carbocycles. The van der Waals surface area contributed by atoms with Crippen molar-refractivity contribution in [2.75, 3.05) is 17.7 Å². The third-order valence-electron chi connectivity index (χ3n) is 4.02. The van der Waals surface area contributed by atoms with Gasteiger partial charge in [-0.15, -0.1) is 0 Å². The van der Waals surface area contributed by atoms with E-state index in [4.69, 9.17) is 0 Å². The monoisotopic (exact) mass is 367 g/mol. The number of hydrogen-bond donors (Lipinski definition) is 4. The molecule has 0 aliphatic rings. The first-order chi connectivity index (χ1) is 13.0. The molecule has 0 saturated heterocycles. The Balaban J connectivity index is 1.80. The van der Waals surface area contributed by atoms with Crippen LogP contribution in [0.3, 0.4) is 0 Å². The van der Waals surface area contributed by atoms with E-state index in [0.29, 0.717) is 28.1 Å². The van der Waals surface area contributed by atoms with Crippen LogP contribution in [-0.2, 0) is 0 Å². The maximum atomic E-state index is 13.8. The number of amides is 1. The number of carbonyl (C=O) groups excluding carboxylic acids is 1. The quantitative estimate of drug-likeness (QED) is 0.437. The van der Waals surface area contributed by atoms with Crippen molar-refractivity contribution < 1.29 is 14.3 Å². The lowest BCUT2D eigenvalue weighted by atomic mass is 10.2. The summed E-state index contributed by atoms with van der Waals surface area (Å²) in [7, 11) is 1.65. The summed E-state index contributed by atoms with van der Waals surface area (Å²) in [5.74, 6) is -1.23. The minimum atomic E-state index is -0.640. The summed E-state index contributed by atoms with van der Waals surface area (Å²) in [4.78, 5) is 31.4. The Bertz CT molecular complexity index is 1190. The van der Waals surface area contributed by atoms with Crippen LogP contribution >= 0.6 is 0 Å². The number of nitrogens with zero attached hydrogens (tertiary/aromatic N) is 4. The lowest BCUT2D eigenvalue weighted by Gasteiger charge is -2.04. The summed E-state index contributed by atoms with van der Waals surface area (Å²) >= 11 is 0. The Morgan fingerprint density at radius 2 is 1.96 bits per heavy atom. The average molecular weight is 367 g/mol. The number of anilines is 2. The molecule has 136 valence electrons. The summed E-state index contributed by atoms with van der Waals surface area (Å²) in [6, 6.07) is 2.58. The molecule has 0 atom stereocenters. The van der Waals surface area contributed by atoms with Crippen LogP contribution in [0, 0.1) is 12.7 Å². The molecule has 9 nitrogen and oxygen atoms in total. The van der Waals surface area contributed by atoms with Gasteiger partial charge in [0.2, 0.25) is 11.7 Å². The van der Waals surface area contributed by atoms with Gasteiger partial charge in [-0.05, 0) is 19.1 Å². The second kappa shape index (κ2) is 6.16. The number of aromatic amines is 1. The van der Waals surface area contributed by atoms with Crippen molar-refractivity contribution in [3.8, 4) is 5.88 Å². The number of nitrogens with one attached hydrogen (secondary N) is 3. The van der Waals surface area contributed by atoms with Crippen molar-refractivity contribution in [1.82, 2.24) is 24.9 Å². The van der Waals surface area contributed by atoms with Gasteiger partial charge in [-0.2, -0.15) is 4.98 Å². The van der Waals surface area contributed by atoms with Crippen LogP contribution in [0.5, 0.6) is 5.88 Å². The molecule has 0 fully saturated rings. The van der Waals surface area contributed by atoms with Crippen molar-refractivity contribution in [2.24, 2.45) is 0 Å². The molecule has 0 unspecified atom stereocenters. The van der Waals surface area contributed by atoms with Crippen LogP contribution in [0.4, 0.5) is 15.8 Å². The van der Waals surface area contributed by atoms with Crippen LogP contribution in [-0.4, -0.2) is 43.0 Å². The summed E-state index contributed by atoms with van der Waals surface area (Å²) in [6.07, 6.45) is 2.90. The minimum absolute atomic E-state index is 0.213. The van der Waals surface area contributed by atoms with Gasteiger partial charge < -0.3 is 20.7 Å². The van der Waals surface area contributed by atoms with Crippen LogP contribution in [0.15, 0.2) is 24.5 Å². The zero-order chi connectivity index (χ0) is 19.1. The molecule has 3 aromatic heterocycles. The maximum Gasteiger partial charge on any atom is 0.293 e. The third-order valence-corrected chi connectivity index (χ3v) is 4.02. The minimum Gasteiger partial charge on any atom is -0.493 e. The van der Waals surface area contributed by atoms with Crippen LogP contribution in [0.2, 0.25) is 0 Å². The Morgan fingerprint density at radius 3 is 2.67 bits per heavy atom.